The lowest BCUT2D eigenvalue weighted by Crippen LogP contribution is -1.97. The quantitative estimate of drug-likeness (QED) is 0.589. The fourth-order valence-corrected chi connectivity index (χ4v) is 2.71. The molecule has 0 saturated heterocycles. The normalized spacial score (nSPS) is 12.5. The molecule has 0 bridgehead atoms. The van der Waals surface area contributed by atoms with Crippen LogP contribution in [0.4, 0.5) is 8.78 Å². The van der Waals surface area contributed by atoms with Gasteiger partial charge in [-0.25, -0.2) is 8.78 Å². The van der Waals surface area contributed by atoms with Crippen molar-refractivity contribution in [2.45, 2.75) is 11.2 Å². The zero-order chi connectivity index (χ0) is 14.0. The van der Waals surface area contributed by atoms with Crippen LogP contribution in [0.25, 0.3) is 0 Å². The number of hydrogen-bond donors (Lipinski definition) is 0. The number of benzene rings is 2. The lowest BCUT2D eigenvalue weighted by Gasteiger charge is -2.11. The Kier molecular flexibility index (Phi) is 4.82. The van der Waals surface area contributed by atoms with Crippen molar-refractivity contribution in [1.82, 2.24) is 0 Å². The van der Waals surface area contributed by atoms with Crippen molar-refractivity contribution in [1.29, 1.82) is 0 Å². The van der Waals surface area contributed by atoms with Gasteiger partial charge in [-0.1, -0.05) is 45.2 Å². The molecule has 0 aliphatic heterocycles. The zero-order valence-electron chi connectivity index (χ0n) is 9.64. The monoisotopic (exact) mass is 364 g/mol. The molecule has 0 saturated carbocycles. The maximum Gasteiger partial charge on any atom is 0.126 e. The van der Waals surface area contributed by atoms with Crippen LogP contribution in [0, 0.1) is 11.6 Å². The van der Waals surface area contributed by atoms with Gasteiger partial charge in [-0.3, -0.25) is 0 Å². The Morgan fingerprint density at radius 3 is 2.16 bits per heavy atom. The van der Waals surface area contributed by atoms with Crippen molar-refractivity contribution >= 4 is 39.1 Å². The Bertz CT molecular complexity index is 582. The van der Waals surface area contributed by atoms with Gasteiger partial charge in [0.05, 0.1) is 10.0 Å². The molecule has 0 aromatic heterocycles. The molecule has 0 spiro atoms. The average Bonchev–Trinajstić information content (AvgIpc) is 2.32. The van der Waals surface area contributed by atoms with Gasteiger partial charge >= 0.3 is 0 Å². The second kappa shape index (κ2) is 6.21. The zero-order valence-corrected chi connectivity index (χ0v) is 12.7. The summed E-state index contributed by atoms with van der Waals surface area (Å²) in [6, 6.07) is 8.74. The van der Waals surface area contributed by atoms with Crippen LogP contribution in [-0.4, -0.2) is 0 Å². The maximum absolute atomic E-state index is 13.1. The highest BCUT2D eigenvalue weighted by Crippen LogP contribution is 2.30. The number of rotatable bonds is 3. The molecule has 0 fully saturated rings. The molecule has 5 heteroatoms. The highest BCUT2D eigenvalue weighted by Gasteiger charge is 2.12. The largest absolute Gasteiger partial charge is 0.207 e. The Labute approximate surface area is 128 Å². The topological polar surface area (TPSA) is 0 Å². The molecule has 2 aromatic carbocycles. The molecule has 1 atom stereocenters. The van der Waals surface area contributed by atoms with E-state index in [-0.39, 0.29) is 4.83 Å². The number of halogens is 5. The molecule has 2 rings (SSSR count). The molecule has 0 aliphatic carbocycles. The van der Waals surface area contributed by atoms with Crippen molar-refractivity contribution in [2.75, 3.05) is 0 Å². The Morgan fingerprint density at radius 1 is 0.947 bits per heavy atom. The van der Waals surface area contributed by atoms with E-state index in [1.807, 2.05) is 6.07 Å². The molecule has 0 N–H and O–H groups in total. The van der Waals surface area contributed by atoms with Crippen molar-refractivity contribution in [2.24, 2.45) is 0 Å². The van der Waals surface area contributed by atoms with Gasteiger partial charge in [0.2, 0.25) is 0 Å². The van der Waals surface area contributed by atoms with E-state index in [1.54, 1.807) is 12.1 Å². The van der Waals surface area contributed by atoms with Crippen LogP contribution >= 0.6 is 39.1 Å². The van der Waals surface area contributed by atoms with Crippen molar-refractivity contribution in [3.63, 3.8) is 0 Å². The summed E-state index contributed by atoms with van der Waals surface area (Å²) in [6.07, 6.45) is 0.555. The highest BCUT2D eigenvalue weighted by molar-refractivity contribution is 9.09. The predicted octanol–water partition coefficient (Wildman–Crippen LogP) is 5.95. The average molecular weight is 366 g/mol. The minimum absolute atomic E-state index is 0.199. The summed E-state index contributed by atoms with van der Waals surface area (Å²) in [7, 11) is 0. The summed E-state index contributed by atoms with van der Waals surface area (Å²) in [6.45, 7) is 0. The summed E-state index contributed by atoms with van der Waals surface area (Å²) in [4.78, 5) is -0.199. The Hall–Kier alpha value is -0.640. The van der Waals surface area contributed by atoms with Crippen molar-refractivity contribution < 1.29 is 8.78 Å². The third kappa shape index (κ3) is 3.91. The Balaban J connectivity index is 2.20. The van der Waals surface area contributed by atoms with Crippen molar-refractivity contribution in [3.8, 4) is 0 Å². The van der Waals surface area contributed by atoms with Gasteiger partial charge in [-0.15, -0.1) is 0 Å². The van der Waals surface area contributed by atoms with E-state index >= 15 is 0 Å². The van der Waals surface area contributed by atoms with E-state index in [0.717, 1.165) is 11.6 Å². The number of alkyl halides is 1. The molecule has 0 aliphatic rings. The van der Waals surface area contributed by atoms with Gasteiger partial charge in [-0.05, 0) is 41.8 Å². The molecule has 2 aromatic rings. The van der Waals surface area contributed by atoms with Crippen LogP contribution in [-0.2, 0) is 6.42 Å². The lowest BCUT2D eigenvalue weighted by atomic mass is 10.0. The highest BCUT2D eigenvalue weighted by atomic mass is 79.9. The van der Waals surface area contributed by atoms with E-state index in [1.165, 1.54) is 12.1 Å². The predicted molar refractivity (Wildman–Crippen MR) is 78.2 cm³/mol. The molecule has 0 nitrogen and oxygen atoms in total. The van der Waals surface area contributed by atoms with E-state index in [4.69, 9.17) is 23.2 Å². The first-order valence-electron chi connectivity index (χ1n) is 5.49. The molecule has 100 valence electrons. The van der Waals surface area contributed by atoms with Crippen LogP contribution in [0.1, 0.15) is 16.0 Å². The first kappa shape index (κ1) is 14.8. The maximum atomic E-state index is 13.1. The molecule has 0 heterocycles. The molecule has 19 heavy (non-hydrogen) atoms. The van der Waals surface area contributed by atoms with Crippen LogP contribution in [0.15, 0.2) is 36.4 Å². The summed E-state index contributed by atoms with van der Waals surface area (Å²) >= 11 is 15.2. The standard InChI is InChI=1S/C14H9BrCl2F2/c15-12(9-5-10(18)7-11(19)6-9)3-8-1-2-13(16)14(17)4-8/h1-2,4-7,12H,3H2. The molecule has 0 radical (unpaired) electrons. The van der Waals surface area contributed by atoms with Gasteiger partial charge < -0.3 is 0 Å². The minimum atomic E-state index is -0.589. The molecule has 1 unspecified atom stereocenters. The van der Waals surface area contributed by atoms with Crippen LogP contribution in [0.5, 0.6) is 0 Å². The summed E-state index contributed by atoms with van der Waals surface area (Å²) in [5.74, 6) is -1.18. The van der Waals surface area contributed by atoms with Gasteiger partial charge in [0.1, 0.15) is 11.6 Å². The third-order valence-corrected chi connectivity index (χ3v) is 4.24. The fourth-order valence-electron chi connectivity index (χ4n) is 1.75. The summed E-state index contributed by atoms with van der Waals surface area (Å²) < 4.78 is 26.3. The summed E-state index contributed by atoms with van der Waals surface area (Å²) in [5, 5.41) is 0.942. The molecular formula is C14H9BrCl2F2. The van der Waals surface area contributed by atoms with Crippen LogP contribution < -0.4 is 0 Å². The van der Waals surface area contributed by atoms with E-state index in [2.05, 4.69) is 15.9 Å². The molecular weight excluding hydrogens is 357 g/mol. The first-order valence-corrected chi connectivity index (χ1v) is 7.17. The minimum Gasteiger partial charge on any atom is -0.207 e. The van der Waals surface area contributed by atoms with Gasteiger partial charge in [0, 0.05) is 10.9 Å². The lowest BCUT2D eigenvalue weighted by molar-refractivity contribution is 0.579. The van der Waals surface area contributed by atoms with Gasteiger partial charge in [-0.2, -0.15) is 0 Å². The Morgan fingerprint density at radius 2 is 1.58 bits per heavy atom. The third-order valence-electron chi connectivity index (χ3n) is 2.65. The SMILES string of the molecule is Fc1cc(F)cc(C(Br)Cc2ccc(Cl)c(Cl)c2)c1. The van der Waals surface area contributed by atoms with Gasteiger partial charge in [0.15, 0.2) is 0 Å². The van der Waals surface area contributed by atoms with Crippen LogP contribution in [0.3, 0.4) is 0 Å². The molecule has 0 amide bonds. The smallest absolute Gasteiger partial charge is 0.126 e. The first-order chi connectivity index (χ1) is 8.95. The van der Waals surface area contributed by atoms with E-state index in [9.17, 15) is 8.78 Å². The number of hydrogen-bond acceptors (Lipinski definition) is 0. The van der Waals surface area contributed by atoms with Crippen molar-refractivity contribution in [3.05, 3.63) is 69.2 Å². The van der Waals surface area contributed by atoms with E-state index < -0.39 is 11.6 Å². The van der Waals surface area contributed by atoms with E-state index in [0.29, 0.717) is 22.0 Å². The second-order valence-electron chi connectivity index (χ2n) is 4.12. The second-order valence-corrected chi connectivity index (χ2v) is 6.04. The van der Waals surface area contributed by atoms with Gasteiger partial charge in [0.25, 0.3) is 0 Å². The van der Waals surface area contributed by atoms with Crippen LogP contribution in [0.2, 0.25) is 10.0 Å². The fraction of sp³-hybridized carbons (Fsp3) is 0.143. The summed E-state index contributed by atoms with van der Waals surface area (Å²) in [5.41, 5.74) is 1.48.